The van der Waals surface area contributed by atoms with Crippen LogP contribution in [0.25, 0.3) is 0 Å². The van der Waals surface area contributed by atoms with Crippen LogP contribution in [0.5, 0.6) is 0 Å². The summed E-state index contributed by atoms with van der Waals surface area (Å²) < 4.78 is 0. The van der Waals surface area contributed by atoms with Gasteiger partial charge in [0.1, 0.15) is 0 Å². The van der Waals surface area contributed by atoms with Crippen LogP contribution in [0.15, 0.2) is 0 Å². The van der Waals surface area contributed by atoms with Crippen LogP contribution in [0.2, 0.25) is 0 Å². The molecule has 4 nitrogen and oxygen atoms in total. The van der Waals surface area contributed by atoms with E-state index in [4.69, 9.17) is 10.4 Å². The highest BCUT2D eigenvalue weighted by Gasteiger charge is 2.32. The molecule has 0 aromatic heterocycles. The molecule has 1 heterocycles. The summed E-state index contributed by atoms with van der Waals surface area (Å²) in [5.41, 5.74) is 0. The van der Waals surface area contributed by atoms with Crippen molar-refractivity contribution >= 4 is 5.97 Å². The molecule has 1 saturated heterocycles. The van der Waals surface area contributed by atoms with Gasteiger partial charge in [0.2, 0.25) is 0 Å². The summed E-state index contributed by atoms with van der Waals surface area (Å²) in [6.45, 7) is 3.50. The number of carbonyl (C=O) groups is 1. The molecule has 0 aromatic rings. The van der Waals surface area contributed by atoms with Crippen molar-refractivity contribution in [3.63, 3.8) is 0 Å². The topological polar surface area (TPSA) is 64.3 Å². The van der Waals surface area contributed by atoms with Gasteiger partial charge in [0.05, 0.1) is 18.5 Å². The number of carboxylic acids is 1. The average molecular weight is 182 g/mol. The Morgan fingerprint density at radius 1 is 1.77 bits per heavy atom. The van der Waals surface area contributed by atoms with E-state index in [1.54, 1.807) is 0 Å². The summed E-state index contributed by atoms with van der Waals surface area (Å²) in [5.74, 6) is -0.491. The number of nitrogens with zero attached hydrogens (tertiary/aromatic N) is 2. The Morgan fingerprint density at radius 2 is 2.38 bits per heavy atom. The van der Waals surface area contributed by atoms with Crippen molar-refractivity contribution < 1.29 is 9.90 Å². The van der Waals surface area contributed by atoms with Gasteiger partial charge in [-0.3, -0.25) is 9.69 Å². The molecule has 1 rings (SSSR count). The molecular formula is C9H14N2O2. The lowest BCUT2D eigenvalue weighted by molar-refractivity contribution is -0.139. The molecule has 1 N–H and O–H groups in total. The fourth-order valence-corrected chi connectivity index (χ4v) is 1.67. The van der Waals surface area contributed by atoms with E-state index < -0.39 is 5.97 Å². The highest BCUT2D eigenvalue weighted by atomic mass is 16.4. The summed E-state index contributed by atoms with van der Waals surface area (Å²) in [4.78, 5) is 12.4. The summed E-state index contributed by atoms with van der Waals surface area (Å²) in [7, 11) is 0. The van der Waals surface area contributed by atoms with Crippen LogP contribution >= 0.6 is 0 Å². The SMILES string of the molecule is CCC(C#N)N1CC(CC(=O)O)C1. The molecule has 72 valence electrons. The number of carboxylic acid groups (broad SMARTS) is 1. The summed E-state index contributed by atoms with van der Waals surface area (Å²) in [6.07, 6.45) is 1.05. The molecule has 1 aliphatic heterocycles. The van der Waals surface area contributed by atoms with Gasteiger partial charge in [0.25, 0.3) is 0 Å². The molecule has 1 fully saturated rings. The molecule has 0 radical (unpaired) electrons. The zero-order chi connectivity index (χ0) is 9.84. The number of nitriles is 1. The van der Waals surface area contributed by atoms with Gasteiger partial charge in [-0.05, 0) is 12.3 Å². The van der Waals surface area contributed by atoms with E-state index in [1.807, 2.05) is 11.8 Å². The summed E-state index contributed by atoms with van der Waals surface area (Å²) in [5, 5.41) is 17.2. The molecular weight excluding hydrogens is 168 g/mol. The Balaban J connectivity index is 2.25. The second kappa shape index (κ2) is 4.24. The summed E-state index contributed by atoms with van der Waals surface area (Å²) in [6, 6.07) is 2.18. The maximum Gasteiger partial charge on any atom is 0.303 e. The Kier molecular flexibility index (Phi) is 3.26. The molecule has 0 bridgehead atoms. The molecule has 0 aliphatic carbocycles. The first kappa shape index (κ1) is 10.0. The lowest BCUT2D eigenvalue weighted by Gasteiger charge is -2.41. The van der Waals surface area contributed by atoms with Gasteiger partial charge in [0, 0.05) is 13.1 Å². The molecule has 1 aliphatic rings. The van der Waals surface area contributed by atoms with Crippen molar-refractivity contribution in [3.8, 4) is 6.07 Å². The highest BCUT2D eigenvalue weighted by molar-refractivity contribution is 5.67. The number of likely N-dealkylation sites (tertiary alicyclic amines) is 1. The fraction of sp³-hybridized carbons (Fsp3) is 0.778. The lowest BCUT2D eigenvalue weighted by atomic mass is 9.94. The van der Waals surface area contributed by atoms with Crippen LogP contribution in [0.4, 0.5) is 0 Å². The molecule has 0 spiro atoms. The molecule has 4 heteroatoms. The smallest absolute Gasteiger partial charge is 0.303 e. The van der Waals surface area contributed by atoms with Crippen molar-refractivity contribution in [2.75, 3.05) is 13.1 Å². The first-order valence-electron chi connectivity index (χ1n) is 4.52. The monoisotopic (exact) mass is 182 g/mol. The average Bonchev–Trinajstić information content (AvgIpc) is 2.01. The van der Waals surface area contributed by atoms with Crippen LogP contribution in [-0.4, -0.2) is 35.1 Å². The summed E-state index contributed by atoms with van der Waals surface area (Å²) >= 11 is 0. The number of aliphatic carboxylic acids is 1. The van der Waals surface area contributed by atoms with Gasteiger partial charge < -0.3 is 5.11 Å². The minimum Gasteiger partial charge on any atom is -0.481 e. The predicted octanol–water partition coefficient (Wildman–Crippen LogP) is 0.695. The van der Waals surface area contributed by atoms with Crippen molar-refractivity contribution in [3.05, 3.63) is 0 Å². The van der Waals surface area contributed by atoms with Crippen molar-refractivity contribution in [1.29, 1.82) is 5.26 Å². The van der Waals surface area contributed by atoms with E-state index in [1.165, 1.54) is 0 Å². The Morgan fingerprint density at radius 3 is 2.77 bits per heavy atom. The number of hydrogen-bond donors (Lipinski definition) is 1. The third-order valence-corrected chi connectivity index (χ3v) is 2.43. The van der Waals surface area contributed by atoms with Crippen molar-refractivity contribution in [1.82, 2.24) is 4.90 Å². The first-order chi connectivity index (χ1) is 6.17. The minimum absolute atomic E-state index is 0.0231. The molecule has 13 heavy (non-hydrogen) atoms. The third-order valence-electron chi connectivity index (χ3n) is 2.43. The van der Waals surface area contributed by atoms with Gasteiger partial charge in [-0.1, -0.05) is 6.92 Å². The molecule has 0 amide bonds. The van der Waals surface area contributed by atoms with Gasteiger partial charge in [-0.2, -0.15) is 5.26 Å². The fourth-order valence-electron chi connectivity index (χ4n) is 1.67. The zero-order valence-electron chi connectivity index (χ0n) is 7.73. The van der Waals surface area contributed by atoms with Crippen molar-refractivity contribution in [2.45, 2.75) is 25.8 Å². The number of hydrogen-bond acceptors (Lipinski definition) is 3. The predicted molar refractivity (Wildman–Crippen MR) is 47.0 cm³/mol. The highest BCUT2D eigenvalue weighted by Crippen LogP contribution is 2.22. The van der Waals surface area contributed by atoms with Crippen LogP contribution in [0.3, 0.4) is 0 Å². The quantitative estimate of drug-likeness (QED) is 0.695. The minimum atomic E-state index is -0.741. The van der Waals surface area contributed by atoms with E-state index >= 15 is 0 Å². The van der Waals surface area contributed by atoms with E-state index in [2.05, 4.69) is 6.07 Å². The van der Waals surface area contributed by atoms with Gasteiger partial charge in [-0.25, -0.2) is 0 Å². The van der Waals surface area contributed by atoms with Gasteiger partial charge in [0.15, 0.2) is 0 Å². The van der Waals surface area contributed by atoms with E-state index in [-0.39, 0.29) is 18.4 Å². The largest absolute Gasteiger partial charge is 0.481 e. The Hall–Kier alpha value is -1.08. The maximum atomic E-state index is 10.3. The van der Waals surface area contributed by atoms with Crippen LogP contribution in [0, 0.1) is 17.2 Å². The maximum absolute atomic E-state index is 10.3. The Labute approximate surface area is 77.8 Å². The normalized spacial score (nSPS) is 20.3. The second-order valence-electron chi connectivity index (χ2n) is 3.47. The van der Waals surface area contributed by atoms with Gasteiger partial charge >= 0.3 is 5.97 Å². The van der Waals surface area contributed by atoms with Crippen molar-refractivity contribution in [2.24, 2.45) is 5.92 Å². The number of rotatable bonds is 4. The van der Waals surface area contributed by atoms with E-state index in [0.29, 0.717) is 0 Å². The lowest BCUT2D eigenvalue weighted by Crippen LogP contribution is -2.52. The molecule has 1 unspecified atom stereocenters. The zero-order valence-corrected chi connectivity index (χ0v) is 7.73. The molecule has 0 aromatic carbocycles. The van der Waals surface area contributed by atoms with E-state index in [0.717, 1.165) is 19.5 Å². The third kappa shape index (κ3) is 2.43. The standard InChI is InChI=1S/C9H14N2O2/c1-2-8(4-10)11-5-7(6-11)3-9(12)13/h7-8H,2-3,5-6H2,1H3,(H,12,13). The first-order valence-corrected chi connectivity index (χ1v) is 4.52. The molecule has 1 atom stereocenters. The molecule has 0 saturated carbocycles. The van der Waals surface area contributed by atoms with E-state index in [9.17, 15) is 4.79 Å². The van der Waals surface area contributed by atoms with Gasteiger partial charge in [-0.15, -0.1) is 0 Å². The second-order valence-corrected chi connectivity index (χ2v) is 3.47. The Bertz CT molecular complexity index is 228. The van der Waals surface area contributed by atoms with Crippen LogP contribution < -0.4 is 0 Å². The van der Waals surface area contributed by atoms with Crippen LogP contribution in [-0.2, 0) is 4.79 Å². The van der Waals surface area contributed by atoms with Crippen LogP contribution in [0.1, 0.15) is 19.8 Å².